The minimum Gasteiger partial charge on any atom is -0.408 e. The van der Waals surface area contributed by atoms with Gasteiger partial charge in [0.2, 0.25) is 5.91 Å². The van der Waals surface area contributed by atoms with Crippen LogP contribution in [0.25, 0.3) is 11.1 Å². The number of carbonyl (C=O) groups is 1. The van der Waals surface area contributed by atoms with E-state index in [1.165, 1.54) is 0 Å². The van der Waals surface area contributed by atoms with Gasteiger partial charge in [-0.05, 0) is 30.5 Å². The smallest absolute Gasteiger partial charge is 0.408 e. The molecule has 1 aromatic heterocycles. The van der Waals surface area contributed by atoms with Crippen LogP contribution in [0.2, 0.25) is 0 Å². The maximum atomic E-state index is 11.9. The van der Waals surface area contributed by atoms with Gasteiger partial charge in [-0.15, -0.1) is 0 Å². The van der Waals surface area contributed by atoms with Crippen molar-refractivity contribution in [2.24, 2.45) is 5.92 Å². The molecule has 0 aliphatic carbocycles. The fourth-order valence-corrected chi connectivity index (χ4v) is 2.09. The number of nitrogens with one attached hydrogen (secondary N) is 2. The maximum absolute atomic E-state index is 11.9. The van der Waals surface area contributed by atoms with Gasteiger partial charge >= 0.3 is 5.76 Å². The third-order valence-electron chi connectivity index (χ3n) is 3.31. The molecule has 0 aliphatic heterocycles. The summed E-state index contributed by atoms with van der Waals surface area (Å²) in [5.74, 6) is -0.331. The van der Waals surface area contributed by atoms with E-state index < -0.39 is 5.76 Å². The second kappa shape index (κ2) is 5.73. The number of aromatic amines is 1. The lowest BCUT2D eigenvalue weighted by molar-refractivity contribution is -0.125. The molecule has 2 rings (SSSR count). The molecule has 1 amide bonds. The first-order chi connectivity index (χ1) is 9.13. The van der Waals surface area contributed by atoms with Gasteiger partial charge in [-0.1, -0.05) is 19.9 Å². The highest BCUT2D eigenvalue weighted by atomic mass is 16.4. The molecular weight excluding hydrogens is 244 g/mol. The standard InChI is InChI=1S/C14H18N2O3/c1-3-10(4-2)13(17)15-8-9-5-6-11-12(7-9)19-14(18)16-11/h5-7,10H,3-4,8H2,1-2H3,(H,15,17)(H,16,18). The topological polar surface area (TPSA) is 75.1 Å². The second-order valence-electron chi connectivity index (χ2n) is 4.58. The van der Waals surface area contributed by atoms with E-state index in [2.05, 4.69) is 10.3 Å². The highest BCUT2D eigenvalue weighted by molar-refractivity contribution is 5.78. The number of hydrogen-bond acceptors (Lipinski definition) is 3. The quantitative estimate of drug-likeness (QED) is 0.867. The van der Waals surface area contributed by atoms with Gasteiger partial charge in [-0.25, -0.2) is 4.79 Å². The first-order valence-corrected chi connectivity index (χ1v) is 6.53. The Labute approximate surface area is 111 Å². The van der Waals surface area contributed by atoms with Crippen LogP contribution >= 0.6 is 0 Å². The summed E-state index contributed by atoms with van der Waals surface area (Å²) >= 11 is 0. The van der Waals surface area contributed by atoms with E-state index in [9.17, 15) is 9.59 Å². The molecule has 0 spiro atoms. The zero-order valence-corrected chi connectivity index (χ0v) is 11.2. The molecule has 2 aromatic rings. The average molecular weight is 262 g/mol. The SMILES string of the molecule is CCC(CC)C(=O)NCc1ccc2[nH]c(=O)oc2c1. The molecule has 0 saturated heterocycles. The molecule has 0 atom stereocenters. The van der Waals surface area contributed by atoms with Gasteiger partial charge in [0.15, 0.2) is 5.58 Å². The largest absolute Gasteiger partial charge is 0.417 e. The molecule has 0 radical (unpaired) electrons. The van der Waals surface area contributed by atoms with Crippen molar-refractivity contribution in [3.8, 4) is 0 Å². The normalized spacial score (nSPS) is 11.1. The Balaban J connectivity index is 2.05. The maximum Gasteiger partial charge on any atom is 0.417 e. The van der Waals surface area contributed by atoms with Gasteiger partial charge in [0, 0.05) is 12.5 Å². The van der Waals surface area contributed by atoms with Crippen molar-refractivity contribution in [2.45, 2.75) is 33.2 Å². The summed E-state index contributed by atoms with van der Waals surface area (Å²) < 4.78 is 4.98. The van der Waals surface area contributed by atoms with Crippen LogP contribution in [0.5, 0.6) is 0 Å². The number of fused-ring (bicyclic) bond motifs is 1. The second-order valence-corrected chi connectivity index (χ2v) is 4.58. The van der Waals surface area contributed by atoms with Crippen LogP contribution in [0.4, 0.5) is 0 Å². The number of H-pyrrole nitrogens is 1. The van der Waals surface area contributed by atoms with Crippen LogP contribution < -0.4 is 11.1 Å². The van der Waals surface area contributed by atoms with E-state index in [0.29, 0.717) is 17.6 Å². The molecule has 19 heavy (non-hydrogen) atoms. The molecule has 0 bridgehead atoms. The lowest BCUT2D eigenvalue weighted by atomic mass is 10.0. The first kappa shape index (κ1) is 13.4. The Morgan fingerprint density at radius 1 is 1.37 bits per heavy atom. The molecule has 1 heterocycles. The van der Waals surface area contributed by atoms with E-state index in [1.54, 1.807) is 12.1 Å². The Bertz CT molecular complexity index is 623. The zero-order chi connectivity index (χ0) is 13.8. The molecule has 0 aliphatic rings. The Hall–Kier alpha value is -2.04. The van der Waals surface area contributed by atoms with Gasteiger partial charge in [-0.3, -0.25) is 9.78 Å². The Morgan fingerprint density at radius 2 is 2.11 bits per heavy atom. The Morgan fingerprint density at radius 3 is 2.79 bits per heavy atom. The van der Waals surface area contributed by atoms with Crippen molar-refractivity contribution in [2.75, 3.05) is 0 Å². The number of amides is 1. The first-order valence-electron chi connectivity index (χ1n) is 6.53. The van der Waals surface area contributed by atoms with E-state index in [-0.39, 0.29) is 11.8 Å². The number of benzene rings is 1. The highest BCUT2D eigenvalue weighted by Gasteiger charge is 2.13. The predicted molar refractivity (Wildman–Crippen MR) is 72.8 cm³/mol. The van der Waals surface area contributed by atoms with Crippen molar-refractivity contribution in [3.63, 3.8) is 0 Å². The van der Waals surface area contributed by atoms with E-state index in [1.807, 2.05) is 19.9 Å². The molecule has 5 heteroatoms. The summed E-state index contributed by atoms with van der Waals surface area (Å²) in [6.45, 7) is 4.46. The third-order valence-corrected chi connectivity index (χ3v) is 3.31. The number of hydrogen-bond donors (Lipinski definition) is 2. The highest BCUT2D eigenvalue weighted by Crippen LogP contribution is 2.13. The molecule has 2 N–H and O–H groups in total. The van der Waals surface area contributed by atoms with Crippen LogP contribution in [-0.4, -0.2) is 10.9 Å². The van der Waals surface area contributed by atoms with Crippen molar-refractivity contribution in [1.82, 2.24) is 10.3 Å². The average Bonchev–Trinajstić information content (AvgIpc) is 2.77. The van der Waals surface area contributed by atoms with E-state index in [4.69, 9.17) is 4.42 Å². The Kier molecular flexibility index (Phi) is 4.04. The van der Waals surface area contributed by atoms with Gasteiger partial charge in [0.25, 0.3) is 0 Å². The lowest BCUT2D eigenvalue weighted by Crippen LogP contribution is -2.29. The van der Waals surface area contributed by atoms with Gasteiger partial charge in [0.05, 0.1) is 5.52 Å². The monoisotopic (exact) mass is 262 g/mol. The predicted octanol–water partition coefficient (Wildman–Crippen LogP) is 2.17. The summed E-state index contributed by atoms with van der Waals surface area (Å²) in [5.41, 5.74) is 2.09. The third kappa shape index (κ3) is 3.05. The van der Waals surface area contributed by atoms with Gasteiger partial charge in [-0.2, -0.15) is 0 Å². The molecule has 1 aromatic carbocycles. The number of carbonyl (C=O) groups excluding carboxylic acids is 1. The van der Waals surface area contributed by atoms with Crippen LogP contribution in [-0.2, 0) is 11.3 Å². The molecule has 5 nitrogen and oxygen atoms in total. The van der Waals surface area contributed by atoms with Crippen LogP contribution in [0.1, 0.15) is 32.3 Å². The van der Waals surface area contributed by atoms with Gasteiger partial charge < -0.3 is 9.73 Å². The molecule has 0 saturated carbocycles. The van der Waals surface area contributed by atoms with E-state index in [0.717, 1.165) is 18.4 Å². The molecule has 0 fully saturated rings. The zero-order valence-electron chi connectivity index (χ0n) is 11.2. The summed E-state index contributed by atoms with van der Waals surface area (Å²) in [6.07, 6.45) is 1.68. The fourth-order valence-electron chi connectivity index (χ4n) is 2.09. The number of aromatic nitrogens is 1. The number of rotatable bonds is 5. The molecule has 0 unspecified atom stereocenters. The van der Waals surface area contributed by atoms with Gasteiger partial charge in [0.1, 0.15) is 0 Å². The molecular formula is C14H18N2O3. The summed E-state index contributed by atoms with van der Waals surface area (Å²) in [6, 6.07) is 5.40. The fraction of sp³-hybridized carbons (Fsp3) is 0.429. The summed E-state index contributed by atoms with van der Waals surface area (Å²) in [5, 5.41) is 2.90. The van der Waals surface area contributed by atoms with Crippen molar-refractivity contribution >= 4 is 17.0 Å². The van der Waals surface area contributed by atoms with Crippen molar-refractivity contribution < 1.29 is 9.21 Å². The summed E-state index contributed by atoms with van der Waals surface area (Å²) in [7, 11) is 0. The van der Waals surface area contributed by atoms with Crippen LogP contribution in [0.3, 0.4) is 0 Å². The number of oxazole rings is 1. The molecule has 102 valence electrons. The lowest BCUT2D eigenvalue weighted by Gasteiger charge is -2.12. The minimum absolute atomic E-state index is 0.0638. The van der Waals surface area contributed by atoms with Crippen LogP contribution in [0, 0.1) is 5.92 Å². The van der Waals surface area contributed by atoms with Crippen molar-refractivity contribution in [3.05, 3.63) is 34.3 Å². The summed E-state index contributed by atoms with van der Waals surface area (Å²) in [4.78, 5) is 25.5. The van der Waals surface area contributed by atoms with Crippen molar-refractivity contribution in [1.29, 1.82) is 0 Å². The van der Waals surface area contributed by atoms with Crippen LogP contribution in [0.15, 0.2) is 27.4 Å². The van der Waals surface area contributed by atoms with E-state index >= 15 is 0 Å². The minimum atomic E-state index is -0.465.